The van der Waals surface area contributed by atoms with Gasteiger partial charge in [0.2, 0.25) is 0 Å². The van der Waals surface area contributed by atoms with Gasteiger partial charge in [-0.1, -0.05) is 55.8 Å². The molecule has 1 atom stereocenters. The summed E-state index contributed by atoms with van der Waals surface area (Å²) in [5.41, 5.74) is 0.614. The molecule has 0 bridgehead atoms. The molecule has 0 radical (unpaired) electrons. The minimum Gasteiger partial charge on any atom is -0.211 e. The van der Waals surface area contributed by atoms with Crippen LogP contribution in [0.5, 0.6) is 0 Å². The maximum absolute atomic E-state index is 14.9. The van der Waals surface area contributed by atoms with Gasteiger partial charge in [-0.25, -0.2) is 17.6 Å². The molecule has 4 heteroatoms. The van der Waals surface area contributed by atoms with Gasteiger partial charge in [0.05, 0.1) is 0 Å². The smallest absolute Gasteiger partial charge is 0.194 e. The number of allylic oxidation sites excluding steroid dienone is 4. The minimum absolute atomic E-state index is 0.00306. The van der Waals surface area contributed by atoms with Gasteiger partial charge in [0.15, 0.2) is 17.5 Å². The fourth-order valence-corrected chi connectivity index (χ4v) is 3.46. The number of rotatable bonds is 4. The monoisotopic (exact) mass is 346 g/mol. The third-order valence-electron chi connectivity index (χ3n) is 4.67. The number of hydrogen-bond donors (Lipinski definition) is 0. The maximum atomic E-state index is 14.9. The van der Waals surface area contributed by atoms with E-state index < -0.39 is 28.7 Å². The normalized spacial score (nSPS) is 20.2. The van der Waals surface area contributed by atoms with Gasteiger partial charge in [-0.05, 0) is 29.7 Å². The van der Waals surface area contributed by atoms with Crippen molar-refractivity contribution in [1.29, 1.82) is 0 Å². The maximum Gasteiger partial charge on any atom is 0.194 e. The number of hydrogen-bond acceptors (Lipinski definition) is 0. The third-order valence-corrected chi connectivity index (χ3v) is 4.67. The molecule has 0 amide bonds. The first-order valence-corrected chi connectivity index (χ1v) is 8.25. The Bertz CT molecular complexity index is 813. The molecule has 0 aliphatic heterocycles. The molecule has 1 aliphatic rings. The zero-order chi connectivity index (χ0) is 18.0. The van der Waals surface area contributed by atoms with Crippen LogP contribution in [0.4, 0.5) is 17.6 Å². The lowest BCUT2D eigenvalue weighted by Crippen LogP contribution is -2.26. The van der Waals surface area contributed by atoms with Crippen LogP contribution < -0.4 is 0 Å². The lowest BCUT2D eigenvalue weighted by atomic mass is 9.70. The molecule has 0 N–H and O–H groups in total. The Kier molecular flexibility index (Phi) is 4.80. The van der Waals surface area contributed by atoms with Crippen molar-refractivity contribution in [2.24, 2.45) is 0 Å². The Hall–Kier alpha value is -2.36. The van der Waals surface area contributed by atoms with E-state index in [-0.39, 0.29) is 17.6 Å². The number of halogens is 4. The molecule has 2 aromatic carbocycles. The topological polar surface area (TPSA) is 0 Å². The van der Waals surface area contributed by atoms with Gasteiger partial charge >= 0.3 is 0 Å². The van der Waals surface area contributed by atoms with Crippen LogP contribution in [0, 0.1) is 17.5 Å². The number of benzene rings is 2. The summed E-state index contributed by atoms with van der Waals surface area (Å²) < 4.78 is 55.0. The lowest BCUT2D eigenvalue weighted by Gasteiger charge is -2.34. The van der Waals surface area contributed by atoms with Crippen molar-refractivity contribution in [1.82, 2.24) is 0 Å². The van der Waals surface area contributed by atoms with E-state index >= 15 is 0 Å². The predicted octanol–water partition coefficient (Wildman–Crippen LogP) is 6.48. The minimum atomic E-state index is -1.55. The molecule has 2 aromatic rings. The SMILES string of the molecule is CCCC1(c2ccccc2)C=CC(c2cc(F)c(F)c(F)c2)=C(F)C1. The van der Waals surface area contributed by atoms with Gasteiger partial charge in [-0.2, -0.15) is 0 Å². The average molecular weight is 346 g/mol. The summed E-state index contributed by atoms with van der Waals surface area (Å²) in [6, 6.07) is 11.3. The molecular weight excluding hydrogens is 328 g/mol. The summed E-state index contributed by atoms with van der Waals surface area (Å²) in [4.78, 5) is 0. The van der Waals surface area contributed by atoms with Crippen LogP contribution in [0.1, 0.15) is 37.3 Å². The van der Waals surface area contributed by atoms with Gasteiger partial charge in [0, 0.05) is 17.4 Å². The second-order valence-corrected chi connectivity index (χ2v) is 6.35. The van der Waals surface area contributed by atoms with Crippen molar-refractivity contribution >= 4 is 5.57 Å². The molecule has 0 saturated heterocycles. The Balaban J connectivity index is 2.02. The molecule has 1 aliphatic carbocycles. The fraction of sp³-hybridized carbons (Fsp3) is 0.238. The zero-order valence-electron chi connectivity index (χ0n) is 13.8. The Labute approximate surface area is 144 Å². The molecule has 0 nitrogen and oxygen atoms in total. The molecule has 0 aromatic heterocycles. The summed E-state index contributed by atoms with van der Waals surface area (Å²) in [7, 11) is 0. The van der Waals surface area contributed by atoms with Crippen LogP contribution in [-0.4, -0.2) is 0 Å². The van der Waals surface area contributed by atoms with E-state index in [9.17, 15) is 17.6 Å². The summed E-state index contributed by atoms with van der Waals surface area (Å²) >= 11 is 0. The van der Waals surface area contributed by atoms with Crippen molar-refractivity contribution in [3.63, 3.8) is 0 Å². The van der Waals surface area contributed by atoms with E-state index in [0.717, 1.165) is 30.5 Å². The standard InChI is InChI=1S/C21H18F4/c1-2-9-21(15-6-4-3-5-7-15)10-8-16(19(24)13-21)14-11-17(22)20(25)18(23)12-14/h3-8,10-12H,2,9,13H2,1H3. The van der Waals surface area contributed by atoms with Crippen molar-refractivity contribution < 1.29 is 17.6 Å². The molecule has 0 saturated carbocycles. The first-order valence-electron chi connectivity index (χ1n) is 8.25. The second kappa shape index (κ2) is 6.87. The van der Waals surface area contributed by atoms with Gasteiger partial charge in [-0.3, -0.25) is 0 Å². The van der Waals surface area contributed by atoms with Gasteiger partial charge in [0.25, 0.3) is 0 Å². The Morgan fingerprint density at radius 3 is 2.16 bits per heavy atom. The van der Waals surface area contributed by atoms with Crippen LogP contribution in [-0.2, 0) is 5.41 Å². The van der Waals surface area contributed by atoms with Crippen molar-refractivity contribution in [2.45, 2.75) is 31.6 Å². The van der Waals surface area contributed by atoms with Crippen molar-refractivity contribution in [3.8, 4) is 0 Å². The first kappa shape index (κ1) is 17.5. The highest BCUT2D eigenvalue weighted by Gasteiger charge is 2.34. The highest BCUT2D eigenvalue weighted by molar-refractivity contribution is 5.77. The first-order chi connectivity index (χ1) is 12.0. The molecule has 0 spiro atoms. The molecule has 3 rings (SSSR count). The van der Waals surface area contributed by atoms with Crippen LogP contribution >= 0.6 is 0 Å². The van der Waals surface area contributed by atoms with E-state index in [1.54, 1.807) is 6.08 Å². The molecule has 0 fully saturated rings. The summed E-state index contributed by atoms with van der Waals surface area (Å²) in [6.07, 6.45) is 5.16. The van der Waals surface area contributed by atoms with Crippen LogP contribution in [0.25, 0.3) is 5.57 Å². The van der Waals surface area contributed by atoms with Gasteiger partial charge in [0.1, 0.15) is 5.83 Å². The van der Waals surface area contributed by atoms with Crippen molar-refractivity contribution in [2.75, 3.05) is 0 Å². The van der Waals surface area contributed by atoms with Crippen molar-refractivity contribution in [3.05, 3.63) is 89.0 Å². The summed E-state index contributed by atoms with van der Waals surface area (Å²) in [6.45, 7) is 2.03. The van der Waals surface area contributed by atoms with E-state index in [2.05, 4.69) is 0 Å². The Morgan fingerprint density at radius 2 is 1.60 bits per heavy atom. The van der Waals surface area contributed by atoms with E-state index in [0.29, 0.717) is 0 Å². The molecule has 1 unspecified atom stereocenters. The Morgan fingerprint density at radius 1 is 0.960 bits per heavy atom. The van der Waals surface area contributed by atoms with Gasteiger partial charge in [-0.15, -0.1) is 0 Å². The van der Waals surface area contributed by atoms with Gasteiger partial charge < -0.3 is 0 Å². The van der Waals surface area contributed by atoms with E-state index in [4.69, 9.17) is 0 Å². The predicted molar refractivity (Wildman–Crippen MR) is 91.1 cm³/mol. The van der Waals surface area contributed by atoms with Crippen LogP contribution in [0.15, 0.2) is 60.4 Å². The molecule has 0 heterocycles. The van der Waals surface area contributed by atoms with E-state index in [1.807, 2.05) is 43.3 Å². The highest BCUT2D eigenvalue weighted by atomic mass is 19.2. The molecule has 130 valence electrons. The van der Waals surface area contributed by atoms with E-state index in [1.165, 1.54) is 0 Å². The highest BCUT2D eigenvalue weighted by Crippen LogP contribution is 2.44. The fourth-order valence-electron chi connectivity index (χ4n) is 3.46. The average Bonchev–Trinajstić information content (AvgIpc) is 2.60. The third kappa shape index (κ3) is 3.26. The van der Waals surface area contributed by atoms with Crippen LogP contribution in [0.2, 0.25) is 0 Å². The zero-order valence-corrected chi connectivity index (χ0v) is 13.8. The molecule has 25 heavy (non-hydrogen) atoms. The molecular formula is C21H18F4. The second-order valence-electron chi connectivity index (χ2n) is 6.35. The lowest BCUT2D eigenvalue weighted by molar-refractivity contribution is 0.425. The summed E-state index contributed by atoms with van der Waals surface area (Å²) in [5.74, 6) is -4.64. The summed E-state index contributed by atoms with van der Waals surface area (Å²) in [5, 5.41) is 0. The largest absolute Gasteiger partial charge is 0.211 e. The van der Waals surface area contributed by atoms with Crippen LogP contribution in [0.3, 0.4) is 0 Å². The quantitative estimate of drug-likeness (QED) is 0.439.